The molecular formula is C18H21N3O. The van der Waals surface area contributed by atoms with Gasteiger partial charge in [-0.15, -0.1) is 0 Å². The van der Waals surface area contributed by atoms with Crippen LogP contribution >= 0.6 is 0 Å². The Morgan fingerprint density at radius 2 is 2.05 bits per heavy atom. The van der Waals surface area contributed by atoms with Gasteiger partial charge in [-0.2, -0.15) is 0 Å². The quantitative estimate of drug-likeness (QED) is 0.910. The van der Waals surface area contributed by atoms with Crippen LogP contribution in [-0.2, 0) is 11.3 Å². The molecule has 0 radical (unpaired) electrons. The van der Waals surface area contributed by atoms with Crippen molar-refractivity contribution < 1.29 is 4.79 Å². The number of benzene rings is 1. The Labute approximate surface area is 130 Å². The fourth-order valence-corrected chi connectivity index (χ4v) is 2.69. The molecule has 4 nitrogen and oxygen atoms in total. The maximum Gasteiger partial charge on any atom is 0.228 e. The van der Waals surface area contributed by atoms with Gasteiger partial charge in [0.25, 0.3) is 0 Å². The van der Waals surface area contributed by atoms with Crippen molar-refractivity contribution in [3.63, 3.8) is 0 Å². The Hall–Kier alpha value is -2.20. The topological polar surface area (TPSA) is 68.0 Å². The van der Waals surface area contributed by atoms with E-state index in [9.17, 15) is 4.79 Å². The molecule has 3 rings (SSSR count). The fraction of sp³-hybridized carbons (Fsp3) is 0.333. The van der Waals surface area contributed by atoms with Crippen molar-refractivity contribution >= 4 is 11.7 Å². The first kappa shape index (κ1) is 14.7. The van der Waals surface area contributed by atoms with Crippen LogP contribution in [0.3, 0.4) is 0 Å². The van der Waals surface area contributed by atoms with Gasteiger partial charge in [0, 0.05) is 18.7 Å². The minimum Gasteiger partial charge on any atom is -0.326 e. The minimum absolute atomic E-state index is 0.0758. The van der Waals surface area contributed by atoms with Crippen molar-refractivity contribution in [2.45, 2.75) is 26.8 Å². The van der Waals surface area contributed by atoms with Crippen LogP contribution in [0.25, 0.3) is 11.1 Å². The van der Waals surface area contributed by atoms with E-state index in [1.54, 1.807) is 6.20 Å². The Bertz CT molecular complexity index is 711. The molecule has 0 bridgehead atoms. The van der Waals surface area contributed by atoms with Crippen LogP contribution in [0.1, 0.15) is 24.5 Å². The minimum atomic E-state index is 0.0758. The number of anilines is 1. The van der Waals surface area contributed by atoms with E-state index < -0.39 is 0 Å². The van der Waals surface area contributed by atoms with Gasteiger partial charge in [-0.1, -0.05) is 25.1 Å². The lowest BCUT2D eigenvalue weighted by Gasteiger charge is -2.09. The second kappa shape index (κ2) is 5.89. The largest absolute Gasteiger partial charge is 0.326 e. The molecule has 2 unspecified atom stereocenters. The molecule has 22 heavy (non-hydrogen) atoms. The molecule has 4 heteroatoms. The first-order valence-electron chi connectivity index (χ1n) is 7.65. The van der Waals surface area contributed by atoms with Gasteiger partial charge in [-0.3, -0.25) is 4.79 Å². The molecule has 1 aromatic heterocycles. The predicted molar refractivity (Wildman–Crippen MR) is 88.2 cm³/mol. The SMILES string of the molecule is Cc1cc(-c2ccnc(NC(=O)C3CC3C)c2)ccc1CN. The number of nitrogens with zero attached hydrogens (tertiary/aromatic N) is 1. The third-order valence-electron chi connectivity index (χ3n) is 4.35. The molecule has 1 saturated carbocycles. The van der Waals surface area contributed by atoms with Crippen LogP contribution in [0, 0.1) is 18.8 Å². The molecule has 3 N–H and O–H groups in total. The first-order chi connectivity index (χ1) is 10.6. The highest BCUT2D eigenvalue weighted by Crippen LogP contribution is 2.38. The summed E-state index contributed by atoms with van der Waals surface area (Å²) in [6.45, 7) is 4.70. The summed E-state index contributed by atoms with van der Waals surface area (Å²) in [5.74, 6) is 1.33. The van der Waals surface area contributed by atoms with E-state index in [4.69, 9.17) is 5.73 Å². The number of aromatic nitrogens is 1. The molecule has 114 valence electrons. The molecular weight excluding hydrogens is 274 g/mol. The third-order valence-corrected chi connectivity index (χ3v) is 4.35. The van der Waals surface area contributed by atoms with Gasteiger partial charge in [0.15, 0.2) is 0 Å². The molecule has 0 spiro atoms. The van der Waals surface area contributed by atoms with Crippen molar-refractivity contribution in [1.82, 2.24) is 4.98 Å². The highest BCUT2D eigenvalue weighted by atomic mass is 16.2. The van der Waals surface area contributed by atoms with E-state index in [-0.39, 0.29) is 11.8 Å². The molecule has 1 fully saturated rings. The Balaban J connectivity index is 1.81. The summed E-state index contributed by atoms with van der Waals surface area (Å²) in [5, 5.41) is 2.91. The average molecular weight is 295 g/mol. The monoisotopic (exact) mass is 295 g/mol. The second-order valence-corrected chi connectivity index (χ2v) is 6.08. The summed E-state index contributed by atoms with van der Waals surface area (Å²) >= 11 is 0. The Morgan fingerprint density at radius 3 is 2.68 bits per heavy atom. The Kier molecular flexibility index (Phi) is 3.94. The zero-order valence-corrected chi connectivity index (χ0v) is 13.0. The van der Waals surface area contributed by atoms with E-state index in [1.807, 2.05) is 12.1 Å². The molecule has 2 aromatic rings. The lowest BCUT2D eigenvalue weighted by Crippen LogP contribution is -2.15. The maximum absolute atomic E-state index is 12.0. The van der Waals surface area contributed by atoms with Gasteiger partial charge in [0.1, 0.15) is 5.82 Å². The van der Waals surface area contributed by atoms with Gasteiger partial charge in [-0.05, 0) is 53.6 Å². The number of carbonyl (C=O) groups excluding carboxylic acids is 1. The summed E-state index contributed by atoms with van der Waals surface area (Å²) in [6, 6.07) is 10.1. The van der Waals surface area contributed by atoms with Crippen LogP contribution in [0.15, 0.2) is 36.5 Å². The molecule has 1 amide bonds. The van der Waals surface area contributed by atoms with Crippen molar-refractivity contribution in [2.75, 3.05) is 5.32 Å². The number of hydrogen-bond acceptors (Lipinski definition) is 3. The van der Waals surface area contributed by atoms with E-state index in [0.29, 0.717) is 18.3 Å². The van der Waals surface area contributed by atoms with Crippen LogP contribution < -0.4 is 11.1 Å². The van der Waals surface area contributed by atoms with Crippen molar-refractivity contribution in [2.24, 2.45) is 17.6 Å². The second-order valence-electron chi connectivity index (χ2n) is 6.08. The van der Waals surface area contributed by atoms with Gasteiger partial charge >= 0.3 is 0 Å². The molecule has 2 atom stereocenters. The van der Waals surface area contributed by atoms with E-state index >= 15 is 0 Å². The van der Waals surface area contributed by atoms with Crippen molar-refractivity contribution in [1.29, 1.82) is 0 Å². The van der Waals surface area contributed by atoms with Crippen LogP contribution in [-0.4, -0.2) is 10.9 Å². The molecule has 0 aliphatic heterocycles. The summed E-state index contributed by atoms with van der Waals surface area (Å²) in [6.07, 6.45) is 2.71. The van der Waals surface area contributed by atoms with Crippen LogP contribution in [0.5, 0.6) is 0 Å². The fourth-order valence-electron chi connectivity index (χ4n) is 2.69. The number of carbonyl (C=O) groups is 1. The molecule has 1 heterocycles. The summed E-state index contributed by atoms with van der Waals surface area (Å²) in [5.41, 5.74) is 10.2. The predicted octanol–water partition coefficient (Wildman–Crippen LogP) is 3.11. The van der Waals surface area contributed by atoms with Gasteiger partial charge in [0.05, 0.1) is 0 Å². The van der Waals surface area contributed by atoms with Crippen LogP contribution in [0.4, 0.5) is 5.82 Å². The lowest BCUT2D eigenvalue weighted by atomic mass is 10.0. The van der Waals surface area contributed by atoms with E-state index in [0.717, 1.165) is 23.1 Å². The standard InChI is InChI=1S/C18H21N3O/c1-11-7-13(3-4-15(11)10-19)14-5-6-20-17(9-14)21-18(22)16-8-12(16)2/h3-7,9,12,16H,8,10,19H2,1-2H3,(H,20,21,22). The van der Waals surface area contributed by atoms with E-state index in [2.05, 4.69) is 42.3 Å². The number of nitrogens with one attached hydrogen (secondary N) is 1. The van der Waals surface area contributed by atoms with Gasteiger partial charge < -0.3 is 11.1 Å². The molecule has 1 aliphatic carbocycles. The highest BCUT2D eigenvalue weighted by molar-refractivity contribution is 5.94. The number of amides is 1. The lowest BCUT2D eigenvalue weighted by molar-refractivity contribution is -0.117. The maximum atomic E-state index is 12.0. The van der Waals surface area contributed by atoms with Crippen LogP contribution in [0.2, 0.25) is 0 Å². The number of hydrogen-bond donors (Lipinski definition) is 2. The average Bonchev–Trinajstić information content (AvgIpc) is 3.24. The van der Waals surface area contributed by atoms with Crippen molar-refractivity contribution in [3.8, 4) is 11.1 Å². The summed E-state index contributed by atoms with van der Waals surface area (Å²) < 4.78 is 0. The van der Waals surface area contributed by atoms with Gasteiger partial charge in [0.2, 0.25) is 5.91 Å². The summed E-state index contributed by atoms with van der Waals surface area (Å²) in [7, 11) is 0. The number of nitrogens with two attached hydrogens (primary N) is 1. The molecule has 1 aliphatic rings. The van der Waals surface area contributed by atoms with E-state index in [1.165, 1.54) is 5.56 Å². The number of aryl methyl sites for hydroxylation is 1. The van der Waals surface area contributed by atoms with Crippen molar-refractivity contribution in [3.05, 3.63) is 47.7 Å². The normalized spacial score (nSPS) is 19.8. The highest BCUT2D eigenvalue weighted by Gasteiger charge is 2.39. The zero-order chi connectivity index (χ0) is 15.7. The number of rotatable bonds is 4. The summed E-state index contributed by atoms with van der Waals surface area (Å²) in [4.78, 5) is 16.2. The molecule has 1 aromatic carbocycles. The third kappa shape index (κ3) is 3.02. The zero-order valence-electron chi connectivity index (χ0n) is 13.0. The molecule has 0 saturated heterocycles. The smallest absolute Gasteiger partial charge is 0.228 e. The van der Waals surface area contributed by atoms with Gasteiger partial charge in [-0.25, -0.2) is 4.98 Å². The number of pyridine rings is 1. The Morgan fingerprint density at radius 1 is 1.32 bits per heavy atom. The first-order valence-corrected chi connectivity index (χ1v) is 7.65.